The molecule has 23 heavy (non-hydrogen) atoms. The average Bonchev–Trinajstić information content (AvgIpc) is 2.51. The van der Waals surface area contributed by atoms with E-state index >= 15 is 0 Å². The average molecular weight is 322 g/mol. The summed E-state index contributed by atoms with van der Waals surface area (Å²) >= 11 is 0. The van der Waals surface area contributed by atoms with Crippen molar-refractivity contribution in [2.24, 2.45) is 5.92 Å². The molecule has 1 aliphatic heterocycles. The highest BCUT2D eigenvalue weighted by Gasteiger charge is 2.26. The first-order valence-corrected chi connectivity index (χ1v) is 7.61. The van der Waals surface area contributed by atoms with E-state index in [0.717, 1.165) is 12.1 Å². The van der Waals surface area contributed by atoms with Gasteiger partial charge in [0.25, 0.3) is 5.91 Å². The molecule has 0 bridgehead atoms. The Morgan fingerprint density at radius 2 is 1.48 bits per heavy atom. The normalized spacial score (nSPS) is 15.1. The number of carbonyl (C=O) groups is 2. The van der Waals surface area contributed by atoms with Gasteiger partial charge in [0.05, 0.1) is 0 Å². The molecule has 1 aliphatic rings. The Labute approximate surface area is 134 Å². The Hall–Kier alpha value is -2.44. The molecule has 0 unspecified atom stereocenters. The Balaban J connectivity index is 2.00. The number of piperazine rings is 1. The summed E-state index contributed by atoms with van der Waals surface area (Å²) in [4.78, 5) is 27.7. The van der Waals surface area contributed by atoms with Gasteiger partial charge in [0, 0.05) is 38.2 Å². The summed E-state index contributed by atoms with van der Waals surface area (Å²) in [6.07, 6.45) is 0.494. The van der Waals surface area contributed by atoms with Gasteiger partial charge in [0.2, 0.25) is 5.91 Å². The lowest BCUT2D eigenvalue weighted by Crippen LogP contribution is -2.50. The molecule has 3 N–H and O–H groups in total. The van der Waals surface area contributed by atoms with Crippen molar-refractivity contribution in [1.82, 2.24) is 9.80 Å². The van der Waals surface area contributed by atoms with Crippen molar-refractivity contribution in [1.29, 1.82) is 0 Å². The van der Waals surface area contributed by atoms with Crippen LogP contribution >= 0.6 is 0 Å². The number of phenols is 3. The summed E-state index contributed by atoms with van der Waals surface area (Å²) in [5, 5.41) is 28.3. The van der Waals surface area contributed by atoms with Gasteiger partial charge in [-0.2, -0.15) is 0 Å². The predicted molar refractivity (Wildman–Crippen MR) is 83.4 cm³/mol. The molecule has 7 heteroatoms. The van der Waals surface area contributed by atoms with E-state index in [1.165, 1.54) is 0 Å². The molecule has 1 fully saturated rings. The summed E-state index contributed by atoms with van der Waals surface area (Å²) in [6.45, 7) is 5.69. The van der Waals surface area contributed by atoms with Crippen LogP contribution in [0.3, 0.4) is 0 Å². The van der Waals surface area contributed by atoms with Gasteiger partial charge in [-0.25, -0.2) is 0 Å². The third-order valence-corrected chi connectivity index (χ3v) is 3.82. The fourth-order valence-electron chi connectivity index (χ4n) is 2.55. The molecule has 0 aliphatic carbocycles. The number of rotatable bonds is 3. The maximum absolute atomic E-state index is 12.4. The summed E-state index contributed by atoms with van der Waals surface area (Å²) in [5.74, 6) is -1.70. The van der Waals surface area contributed by atoms with E-state index < -0.39 is 17.2 Å². The minimum absolute atomic E-state index is 0.0898. The maximum Gasteiger partial charge on any atom is 0.254 e. The zero-order chi connectivity index (χ0) is 17.1. The minimum atomic E-state index is -0.648. The highest BCUT2D eigenvalue weighted by molar-refractivity contribution is 5.95. The molecule has 1 saturated heterocycles. The topological polar surface area (TPSA) is 101 Å². The molecule has 0 atom stereocenters. The lowest BCUT2D eigenvalue weighted by atomic mass is 10.1. The lowest BCUT2D eigenvalue weighted by molar-refractivity contribution is -0.133. The number of carbonyl (C=O) groups excluding carboxylic acids is 2. The Kier molecular flexibility index (Phi) is 4.98. The van der Waals surface area contributed by atoms with Gasteiger partial charge >= 0.3 is 0 Å². The van der Waals surface area contributed by atoms with Crippen LogP contribution in [0.15, 0.2) is 12.1 Å². The highest BCUT2D eigenvalue weighted by atomic mass is 16.3. The van der Waals surface area contributed by atoms with Crippen molar-refractivity contribution in [3.63, 3.8) is 0 Å². The summed E-state index contributed by atoms with van der Waals surface area (Å²) in [5.41, 5.74) is 0.0970. The van der Waals surface area contributed by atoms with Crippen LogP contribution in [-0.2, 0) is 4.79 Å². The number of hydrogen-bond acceptors (Lipinski definition) is 5. The van der Waals surface area contributed by atoms with Crippen LogP contribution in [0.4, 0.5) is 0 Å². The van der Waals surface area contributed by atoms with Crippen LogP contribution in [0, 0.1) is 5.92 Å². The Bertz CT molecular complexity index is 583. The second kappa shape index (κ2) is 6.76. The first kappa shape index (κ1) is 16.9. The molecule has 1 aromatic carbocycles. The fourth-order valence-corrected chi connectivity index (χ4v) is 2.55. The molecule has 7 nitrogen and oxygen atoms in total. The van der Waals surface area contributed by atoms with Gasteiger partial charge in [0.1, 0.15) is 0 Å². The summed E-state index contributed by atoms with van der Waals surface area (Å²) in [7, 11) is 0. The third kappa shape index (κ3) is 3.85. The number of nitrogens with zero attached hydrogens (tertiary/aromatic N) is 2. The van der Waals surface area contributed by atoms with E-state index in [4.69, 9.17) is 0 Å². The van der Waals surface area contributed by atoms with Crippen LogP contribution in [0.1, 0.15) is 30.6 Å². The van der Waals surface area contributed by atoms with E-state index in [0.29, 0.717) is 38.5 Å². The second-order valence-electron chi connectivity index (χ2n) is 6.13. The molecular weight excluding hydrogens is 300 g/mol. The van der Waals surface area contributed by atoms with E-state index in [9.17, 15) is 24.9 Å². The zero-order valence-electron chi connectivity index (χ0n) is 13.3. The SMILES string of the molecule is CC(C)CC(=O)N1CCN(C(=O)c2cc(O)c(O)c(O)c2)CC1. The van der Waals surface area contributed by atoms with Gasteiger partial charge in [-0.05, 0) is 18.1 Å². The van der Waals surface area contributed by atoms with Crippen molar-refractivity contribution in [2.75, 3.05) is 26.2 Å². The molecule has 2 amide bonds. The van der Waals surface area contributed by atoms with Crippen molar-refractivity contribution >= 4 is 11.8 Å². The third-order valence-electron chi connectivity index (χ3n) is 3.82. The quantitative estimate of drug-likeness (QED) is 0.724. The lowest BCUT2D eigenvalue weighted by Gasteiger charge is -2.35. The standard InChI is InChI=1S/C16H22N2O5/c1-10(2)7-14(21)17-3-5-18(6-4-17)16(23)11-8-12(19)15(22)13(20)9-11/h8-10,19-20,22H,3-7H2,1-2H3. The first-order valence-electron chi connectivity index (χ1n) is 7.61. The van der Waals surface area contributed by atoms with Gasteiger partial charge in [-0.3, -0.25) is 9.59 Å². The molecule has 1 aromatic rings. The maximum atomic E-state index is 12.4. The fraction of sp³-hybridized carbons (Fsp3) is 0.500. The Morgan fingerprint density at radius 1 is 1.00 bits per heavy atom. The monoisotopic (exact) mass is 322 g/mol. The van der Waals surface area contributed by atoms with Crippen LogP contribution in [0.2, 0.25) is 0 Å². The molecule has 0 spiro atoms. The van der Waals surface area contributed by atoms with Gasteiger partial charge in [-0.1, -0.05) is 13.8 Å². The molecule has 0 radical (unpaired) electrons. The molecule has 1 heterocycles. The van der Waals surface area contributed by atoms with E-state index in [-0.39, 0.29) is 17.4 Å². The number of phenolic OH excluding ortho intramolecular Hbond substituents is 3. The molecular formula is C16H22N2O5. The number of aromatic hydroxyl groups is 3. The van der Waals surface area contributed by atoms with E-state index in [1.807, 2.05) is 13.8 Å². The second-order valence-corrected chi connectivity index (χ2v) is 6.13. The molecule has 0 saturated carbocycles. The smallest absolute Gasteiger partial charge is 0.254 e. The number of benzene rings is 1. The van der Waals surface area contributed by atoms with E-state index in [2.05, 4.69) is 0 Å². The number of amides is 2. The molecule has 0 aromatic heterocycles. The zero-order valence-corrected chi connectivity index (χ0v) is 13.3. The van der Waals surface area contributed by atoms with Crippen LogP contribution in [0.5, 0.6) is 17.2 Å². The minimum Gasteiger partial charge on any atom is -0.504 e. The van der Waals surface area contributed by atoms with Gasteiger partial charge < -0.3 is 25.1 Å². The van der Waals surface area contributed by atoms with E-state index in [1.54, 1.807) is 9.80 Å². The van der Waals surface area contributed by atoms with Crippen LogP contribution < -0.4 is 0 Å². The Morgan fingerprint density at radius 3 is 1.96 bits per heavy atom. The highest BCUT2D eigenvalue weighted by Crippen LogP contribution is 2.35. The summed E-state index contributed by atoms with van der Waals surface area (Å²) in [6, 6.07) is 2.24. The first-order chi connectivity index (χ1) is 10.8. The van der Waals surface area contributed by atoms with Crippen molar-refractivity contribution in [2.45, 2.75) is 20.3 Å². The van der Waals surface area contributed by atoms with Gasteiger partial charge in [0.15, 0.2) is 17.2 Å². The van der Waals surface area contributed by atoms with Crippen LogP contribution in [-0.4, -0.2) is 63.1 Å². The predicted octanol–water partition coefficient (Wildman–Crippen LogP) is 1.13. The van der Waals surface area contributed by atoms with Crippen molar-refractivity contribution in [3.05, 3.63) is 17.7 Å². The molecule has 126 valence electrons. The van der Waals surface area contributed by atoms with Gasteiger partial charge in [-0.15, -0.1) is 0 Å². The van der Waals surface area contributed by atoms with Crippen LogP contribution in [0.25, 0.3) is 0 Å². The summed E-state index contributed by atoms with van der Waals surface area (Å²) < 4.78 is 0. The molecule has 2 rings (SSSR count). The van der Waals surface area contributed by atoms with Crippen molar-refractivity contribution < 1.29 is 24.9 Å². The number of hydrogen-bond donors (Lipinski definition) is 3. The largest absolute Gasteiger partial charge is 0.504 e. The van der Waals surface area contributed by atoms with Crippen molar-refractivity contribution in [3.8, 4) is 17.2 Å².